The fourth-order valence-corrected chi connectivity index (χ4v) is 3.41. The summed E-state index contributed by atoms with van der Waals surface area (Å²) in [4.78, 5) is 4.15. The van der Waals surface area contributed by atoms with E-state index in [4.69, 9.17) is 16.3 Å². The van der Waals surface area contributed by atoms with Gasteiger partial charge in [0.1, 0.15) is 0 Å². The molecule has 0 saturated heterocycles. The summed E-state index contributed by atoms with van der Waals surface area (Å²) in [6.45, 7) is 2.28. The minimum atomic E-state index is -0.214. The second-order valence-corrected chi connectivity index (χ2v) is 5.97. The van der Waals surface area contributed by atoms with E-state index in [2.05, 4.69) is 17.3 Å². The van der Waals surface area contributed by atoms with Crippen molar-refractivity contribution >= 4 is 5.69 Å². The molecule has 3 atom stereocenters. The number of nitrogens with one attached hydrogen (secondary N) is 1. The first-order valence-corrected chi connectivity index (χ1v) is 7.31. The number of nitrogen functional groups attached to an aromatic ring is 1. The van der Waals surface area contributed by atoms with Gasteiger partial charge >= 0.3 is 0 Å². The van der Waals surface area contributed by atoms with Crippen molar-refractivity contribution < 1.29 is 4.74 Å². The number of methoxy groups -OCH3 is 1. The normalized spacial score (nSPS) is 28.2. The first kappa shape index (κ1) is 15.2. The van der Waals surface area contributed by atoms with Crippen molar-refractivity contribution in [2.75, 3.05) is 12.8 Å². The average molecular weight is 278 g/mol. The molecule has 2 rings (SSSR count). The van der Waals surface area contributed by atoms with Crippen molar-refractivity contribution in [1.82, 2.24) is 10.4 Å². The molecule has 0 amide bonds. The topological polar surface area (TPSA) is 86.2 Å². The average Bonchev–Trinajstić information content (AvgIpc) is 2.46. The molecule has 0 radical (unpaired) electrons. The molecule has 0 bridgehead atoms. The molecule has 1 saturated carbocycles. The lowest BCUT2D eigenvalue weighted by atomic mass is 9.73. The van der Waals surface area contributed by atoms with E-state index < -0.39 is 0 Å². The van der Waals surface area contributed by atoms with Gasteiger partial charge in [0, 0.05) is 25.2 Å². The van der Waals surface area contributed by atoms with Gasteiger partial charge in [-0.15, -0.1) is 0 Å². The van der Waals surface area contributed by atoms with Crippen LogP contribution in [0.2, 0.25) is 0 Å². The molecule has 1 heterocycles. The highest BCUT2D eigenvalue weighted by Crippen LogP contribution is 2.38. The van der Waals surface area contributed by atoms with Gasteiger partial charge in [0.05, 0.1) is 11.6 Å². The summed E-state index contributed by atoms with van der Waals surface area (Å²) in [6, 6.07) is 1.87. The number of ether oxygens (including phenoxy) is 1. The second kappa shape index (κ2) is 6.52. The Balaban J connectivity index is 2.19. The Morgan fingerprint density at radius 1 is 1.60 bits per heavy atom. The molecule has 0 spiro atoms. The molecular formula is C15H26N4O. The molecular weight excluding hydrogens is 252 g/mol. The third-order valence-corrected chi connectivity index (χ3v) is 4.60. The minimum absolute atomic E-state index is 0.0433. The Hall–Kier alpha value is -1.17. The Labute approximate surface area is 121 Å². The lowest BCUT2D eigenvalue weighted by molar-refractivity contribution is -0.0791. The first-order chi connectivity index (χ1) is 9.61. The van der Waals surface area contributed by atoms with Crippen molar-refractivity contribution in [3.8, 4) is 0 Å². The smallest absolute Gasteiger partial charge is 0.0850 e. The number of rotatable bonds is 5. The van der Waals surface area contributed by atoms with E-state index in [9.17, 15) is 0 Å². The van der Waals surface area contributed by atoms with Crippen LogP contribution in [0.3, 0.4) is 0 Å². The fraction of sp³-hybridized carbons (Fsp3) is 0.667. The van der Waals surface area contributed by atoms with E-state index in [0.717, 1.165) is 30.5 Å². The molecule has 1 aliphatic carbocycles. The molecule has 112 valence electrons. The molecule has 20 heavy (non-hydrogen) atoms. The van der Waals surface area contributed by atoms with E-state index in [1.165, 1.54) is 12.8 Å². The maximum absolute atomic E-state index is 6.02. The molecule has 1 fully saturated rings. The minimum Gasteiger partial charge on any atom is -0.398 e. The van der Waals surface area contributed by atoms with Gasteiger partial charge in [-0.2, -0.15) is 0 Å². The zero-order valence-electron chi connectivity index (χ0n) is 12.4. The third kappa shape index (κ3) is 3.11. The predicted octanol–water partition coefficient (Wildman–Crippen LogP) is 1.63. The van der Waals surface area contributed by atoms with Crippen molar-refractivity contribution in [2.45, 2.75) is 50.7 Å². The van der Waals surface area contributed by atoms with Crippen LogP contribution in [0.25, 0.3) is 0 Å². The van der Waals surface area contributed by atoms with Crippen molar-refractivity contribution in [3.05, 3.63) is 24.0 Å². The zero-order valence-corrected chi connectivity index (χ0v) is 12.4. The molecule has 0 aliphatic heterocycles. The number of hydrogen-bond donors (Lipinski definition) is 3. The number of nitrogens with two attached hydrogens (primary N) is 2. The van der Waals surface area contributed by atoms with Crippen molar-refractivity contribution in [2.24, 2.45) is 11.8 Å². The van der Waals surface area contributed by atoms with E-state index in [0.29, 0.717) is 5.92 Å². The summed E-state index contributed by atoms with van der Waals surface area (Å²) in [5.74, 6) is 6.47. The van der Waals surface area contributed by atoms with Gasteiger partial charge in [0.15, 0.2) is 0 Å². The summed E-state index contributed by atoms with van der Waals surface area (Å²) in [5, 5.41) is 0. The van der Waals surface area contributed by atoms with E-state index in [1.54, 1.807) is 13.3 Å². The lowest BCUT2D eigenvalue weighted by Crippen LogP contribution is -2.57. The van der Waals surface area contributed by atoms with Crippen LogP contribution in [0.4, 0.5) is 5.69 Å². The highest BCUT2D eigenvalue weighted by molar-refractivity contribution is 5.44. The maximum Gasteiger partial charge on any atom is 0.0850 e. The van der Waals surface area contributed by atoms with Crippen LogP contribution in [0.1, 0.15) is 38.2 Å². The zero-order chi connectivity index (χ0) is 14.6. The van der Waals surface area contributed by atoms with Gasteiger partial charge in [0.25, 0.3) is 0 Å². The van der Waals surface area contributed by atoms with Crippen LogP contribution in [-0.4, -0.2) is 23.7 Å². The van der Waals surface area contributed by atoms with Crippen LogP contribution in [0.15, 0.2) is 18.5 Å². The second-order valence-electron chi connectivity index (χ2n) is 5.97. The number of nitrogens with zero attached hydrogens (tertiary/aromatic N) is 1. The SMILES string of the molecule is COC1(C(Cc2cnccc2N)NN)CCCC(C)C1. The Morgan fingerprint density at radius 3 is 3.00 bits per heavy atom. The van der Waals surface area contributed by atoms with E-state index in [1.807, 2.05) is 12.3 Å². The Bertz CT molecular complexity index is 440. The fourth-order valence-electron chi connectivity index (χ4n) is 3.41. The molecule has 5 heteroatoms. The number of anilines is 1. The van der Waals surface area contributed by atoms with Gasteiger partial charge in [-0.05, 0) is 36.8 Å². The number of hydrazine groups is 1. The van der Waals surface area contributed by atoms with Crippen LogP contribution in [0, 0.1) is 5.92 Å². The van der Waals surface area contributed by atoms with Gasteiger partial charge in [-0.3, -0.25) is 16.3 Å². The summed E-state index contributed by atoms with van der Waals surface area (Å²) in [6.07, 6.45) is 8.75. The van der Waals surface area contributed by atoms with Crippen molar-refractivity contribution in [1.29, 1.82) is 0 Å². The molecule has 1 aliphatic rings. The summed E-state index contributed by atoms with van der Waals surface area (Å²) < 4.78 is 5.91. The quantitative estimate of drug-likeness (QED) is 0.563. The van der Waals surface area contributed by atoms with Gasteiger partial charge in [-0.1, -0.05) is 19.8 Å². The highest BCUT2D eigenvalue weighted by Gasteiger charge is 2.41. The molecule has 0 aromatic carbocycles. The van der Waals surface area contributed by atoms with E-state index in [-0.39, 0.29) is 11.6 Å². The number of aromatic nitrogens is 1. The van der Waals surface area contributed by atoms with Crippen LogP contribution < -0.4 is 17.0 Å². The van der Waals surface area contributed by atoms with Gasteiger partial charge < -0.3 is 10.5 Å². The third-order valence-electron chi connectivity index (χ3n) is 4.60. The largest absolute Gasteiger partial charge is 0.398 e. The Morgan fingerprint density at radius 2 is 2.40 bits per heavy atom. The van der Waals surface area contributed by atoms with Crippen LogP contribution in [0.5, 0.6) is 0 Å². The lowest BCUT2D eigenvalue weighted by Gasteiger charge is -2.44. The maximum atomic E-state index is 6.02. The monoisotopic (exact) mass is 278 g/mol. The summed E-state index contributed by atoms with van der Waals surface area (Å²) >= 11 is 0. The first-order valence-electron chi connectivity index (χ1n) is 7.31. The molecule has 5 N–H and O–H groups in total. The number of hydrogen-bond acceptors (Lipinski definition) is 5. The summed E-state index contributed by atoms with van der Waals surface area (Å²) in [7, 11) is 1.79. The standard InChI is InChI=1S/C15H26N4O/c1-11-4-3-6-15(9-11,20-2)14(19-17)8-12-10-18-7-5-13(12)16/h5,7,10-11,14,19H,3-4,6,8-9,17H2,1-2H3,(H2,16,18). The highest BCUT2D eigenvalue weighted by atomic mass is 16.5. The van der Waals surface area contributed by atoms with Crippen molar-refractivity contribution in [3.63, 3.8) is 0 Å². The van der Waals surface area contributed by atoms with Crippen LogP contribution in [-0.2, 0) is 11.2 Å². The van der Waals surface area contributed by atoms with Gasteiger partial charge in [-0.25, -0.2) is 0 Å². The van der Waals surface area contributed by atoms with Gasteiger partial charge in [0.2, 0.25) is 0 Å². The molecule has 5 nitrogen and oxygen atoms in total. The van der Waals surface area contributed by atoms with E-state index >= 15 is 0 Å². The molecule has 1 aromatic rings. The molecule has 1 aromatic heterocycles. The molecule has 3 unspecified atom stereocenters. The van der Waals surface area contributed by atoms with Crippen LogP contribution >= 0.6 is 0 Å². The predicted molar refractivity (Wildman–Crippen MR) is 80.8 cm³/mol. The summed E-state index contributed by atoms with van der Waals surface area (Å²) in [5.41, 5.74) is 10.5. The Kier molecular flexibility index (Phi) is 4.96. The number of pyridine rings is 1.